The summed E-state index contributed by atoms with van der Waals surface area (Å²) in [6, 6.07) is 0. The van der Waals surface area contributed by atoms with Crippen LogP contribution in [-0.4, -0.2) is 16.6 Å². The van der Waals surface area contributed by atoms with E-state index >= 15 is 0 Å². The minimum atomic E-state index is -2.24. The van der Waals surface area contributed by atoms with Gasteiger partial charge in [0.1, 0.15) is 0 Å². The second kappa shape index (κ2) is 5.09. The summed E-state index contributed by atoms with van der Waals surface area (Å²) in [7, 11) is -4.49. The van der Waals surface area contributed by atoms with Crippen molar-refractivity contribution >= 4 is 16.6 Å². The van der Waals surface area contributed by atoms with Gasteiger partial charge in [-0.05, 0) is 39.3 Å². The molecule has 6 nitrogen and oxygen atoms in total. The maximum atomic E-state index is 11.9. The van der Waals surface area contributed by atoms with Gasteiger partial charge in [0.05, 0.1) is 0 Å². The molecule has 0 saturated heterocycles. The van der Waals surface area contributed by atoms with Crippen LogP contribution in [0.3, 0.4) is 0 Å². The predicted octanol–water partition coefficient (Wildman–Crippen LogP) is 0.430. The molecule has 0 heterocycles. The lowest BCUT2D eigenvalue weighted by molar-refractivity contribution is 0.480. The van der Waals surface area contributed by atoms with Crippen LogP contribution in [0.15, 0.2) is 19.2 Å². The lowest BCUT2D eigenvalue weighted by Crippen LogP contribution is -2.50. The van der Waals surface area contributed by atoms with Crippen molar-refractivity contribution in [2.75, 3.05) is 0 Å². The summed E-state index contributed by atoms with van der Waals surface area (Å²) in [5.74, 6) is -0.803. The molecule has 0 amide bonds. The van der Waals surface area contributed by atoms with E-state index in [2.05, 4.69) is 0 Å². The molecule has 1 rings (SSSR count). The highest BCUT2D eigenvalue weighted by molar-refractivity contribution is 6.71. The molecule has 0 unspecified atom stereocenters. The lowest BCUT2D eigenvalue weighted by Gasteiger charge is -2.23. The van der Waals surface area contributed by atoms with Crippen molar-refractivity contribution in [2.24, 2.45) is 0 Å². The van der Waals surface area contributed by atoms with E-state index < -0.39 is 49.8 Å². The summed E-state index contributed by atoms with van der Waals surface area (Å²) in [6.45, 7) is 10.8. The number of benzene rings is 1. The van der Waals surface area contributed by atoms with Crippen LogP contribution in [0, 0.1) is 0 Å². The number of hydrogen-bond acceptors (Lipinski definition) is 6. The van der Waals surface area contributed by atoms with E-state index in [9.17, 15) is 19.2 Å². The highest BCUT2D eigenvalue weighted by Crippen LogP contribution is 2.22. The molecule has 110 valence electrons. The Kier molecular flexibility index (Phi) is 4.21. The average molecular weight is 314 g/mol. The van der Waals surface area contributed by atoms with Crippen molar-refractivity contribution in [1.82, 2.24) is 0 Å². The molecule has 20 heavy (non-hydrogen) atoms. The van der Waals surface area contributed by atoms with Gasteiger partial charge in [-0.1, -0.05) is 0 Å². The van der Waals surface area contributed by atoms with Crippen LogP contribution < -0.4 is 30.6 Å². The van der Waals surface area contributed by atoms with Crippen LogP contribution in [0.5, 0.6) is 11.5 Å². The zero-order valence-corrected chi connectivity index (χ0v) is 14.4. The van der Waals surface area contributed by atoms with Crippen LogP contribution >= 0.6 is 0 Å². The Balaban J connectivity index is 3.71. The molecule has 0 aromatic heterocycles. The van der Waals surface area contributed by atoms with E-state index in [1.54, 1.807) is 39.3 Å². The molecule has 0 atom stereocenters. The molecule has 0 radical (unpaired) electrons. The van der Waals surface area contributed by atoms with Crippen molar-refractivity contribution in [3.8, 4) is 11.5 Å². The Bertz CT molecular complexity index is 654. The molecular weight excluding hydrogens is 296 g/mol. The summed E-state index contributed by atoms with van der Waals surface area (Å²) < 4.78 is 11.0. The Morgan fingerprint density at radius 2 is 0.800 bits per heavy atom. The maximum Gasteiger partial charge on any atom is 0.281 e. The van der Waals surface area contributed by atoms with Gasteiger partial charge >= 0.3 is 0 Å². The summed E-state index contributed by atoms with van der Waals surface area (Å²) in [6.07, 6.45) is 0. The molecule has 1 aromatic carbocycles. The van der Waals surface area contributed by atoms with Crippen molar-refractivity contribution in [3.63, 3.8) is 0 Å². The zero-order chi connectivity index (χ0) is 15.9. The van der Waals surface area contributed by atoms with Crippen molar-refractivity contribution < 1.29 is 8.85 Å². The van der Waals surface area contributed by atoms with E-state index in [4.69, 9.17) is 8.85 Å². The normalized spacial score (nSPS) is 12.3. The molecule has 1 aromatic rings. The molecule has 8 heteroatoms. The smallest absolute Gasteiger partial charge is 0.281 e. The Morgan fingerprint density at radius 3 is 1.00 bits per heavy atom. The van der Waals surface area contributed by atoms with Crippen LogP contribution in [0.1, 0.15) is 0 Å². The second-order valence-corrected chi connectivity index (χ2v) is 15.3. The Hall–Kier alpha value is -1.55. The van der Waals surface area contributed by atoms with Gasteiger partial charge in [-0.3, -0.25) is 19.2 Å². The van der Waals surface area contributed by atoms with Crippen LogP contribution in [0.2, 0.25) is 39.3 Å². The highest BCUT2D eigenvalue weighted by Gasteiger charge is 2.29. The number of hydrogen-bond donors (Lipinski definition) is 0. The molecule has 0 N–H and O–H groups in total. The summed E-state index contributed by atoms with van der Waals surface area (Å²) in [5, 5.41) is 0. The minimum absolute atomic E-state index is 0.402. The molecule has 0 bridgehead atoms. The molecule has 0 spiro atoms. The minimum Gasteiger partial charge on any atom is -0.539 e. The molecule has 0 aliphatic carbocycles. The summed E-state index contributed by atoms with van der Waals surface area (Å²) >= 11 is 0. The van der Waals surface area contributed by atoms with Gasteiger partial charge in [0, 0.05) is 0 Å². The van der Waals surface area contributed by atoms with Gasteiger partial charge in [-0.15, -0.1) is 0 Å². The van der Waals surface area contributed by atoms with Crippen molar-refractivity contribution in [2.45, 2.75) is 39.3 Å². The van der Waals surface area contributed by atoms with E-state index in [-0.39, 0.29) is 0 Å². The van der Waals surface area contributed by atoms with E-state index in [1.807, 2.05) is 0 Å². The van der Waals surface area contributed by atoms with Crippen LogP contribution in [-0.2, 0) is 0 Å². The standard InChI is InChI=1S/C12H18O6Si2/c1-19(2,3)17-11-9(15)7(13)8(14)10(16)12(11)18-20(4,5)6/h1-6H3. The van der Waals surface area contributed by atoms with Gasteiger partial charge in [0.25, 0.3) is 21.7 Å². The van der Waals surface area contributed by atoms with Gasteiger partial charge in [0.15, 0.2) is 0 Å². The third-order valence-corrected chi connectivity index (χ3v) is 3.69. The fourth-order valence-electron chi connectivity index (χ4n) is 1.42. The van der Waals surface area contributed by atoms with Gasteiger partial charge < -0.3 is 8.85 Å². The SMILES string of the molecule is C[Si](C)(C)Oc1c(O[Si](C)(C)C)c(=O)c(=O)c(=O)c1=O. The maximum absolute atomic E-state index is 11.9. The first-order valence-corrected chi connectivity index (χ1v) is 12.9. The highest BCUT2D eigenvalue weighted by atomic mass is 28.4. The fourth-order valence-corrected chi connectivity index (χ4v) is 3.01. The predicted molar refractivity (Wildman–Crippen MR) is 81.8 cm³/mol. The van der Waals surface area contributed by atoms with Gasteiger partial charge in [0.2, 0.25) is 28.1 Å². The van der Waals surface area contributed by atoms with Crippen LogP contribution in [0.4, 0.5) is 0 Å². The van der Waals surface area contributed by atoms with Gasteiger partial charge in [-0.25, -0.2) is 0 Å². The monoisotopic (exact) mass is 314 g/mol. The van der Waals surface area contributed by atoms with Crippen molar-refractivity contribution in [1.29, 1.82) is 0 Å². The van der Waals surface area contributed by atoms with E-state index in [0.29, 0.717) is 0 Å². The average Bonchev–Trinajstić information content (AvgIpc) is 2.25. The third kappa shape index (κ3) is 3.73. The second-order valence-electron chi connectivity index (χ2n) is 6.40. The molecule has 0 aliphatic heterocycles. The molecular formula is C12H18O6Si2. The van der Waals surface area contributed by atoms with E-state index in [0.717, 1.165) is 0 Å². The summed E-state index contributed by atoms with van der Waals surface area (Å²) in [4.78, 5) is 46.8. The van der Waals surface area contributed by atoms with Crippen molar-refractivity contribution in [3.05, 3.63) is 40.9 Å². The largest absolute Gasteiger partial charge is 0.539 e. The lowest BCUT2D eigenvalue weighted by atomic mass is 10.3. The van der Waals surface area contributed by atoms with E-state index in [1.165, 1.54) is 0 Å². The topological polar surface area (TPSA) is 86.7 Å². The first-order chi connectivity index (χ1) is 8.83. The Morgan fingerprint density at radius 1 is 0.550 bits per heavy atom. The quantitative estimate of drug-likeness (QED) is 0.592. The van der Waals surface area contributed by atoms with Gasteiger partial charge in [-0.2, -0.15) is 0 Å². The van der Waals surface area contributed by atoms with Crippen LogP contribution in [0.25, 0.3) is 0 Å². The Labute approximate surface area is 118 Å². The molecule has 0 fully saturated rings. The fraction of sp³-hybridized carbons (Fsp3) is 0.500. The first-order valence-electron chi connectivity index (χ1n) is 6.13. The molecule has 0 saturated carbocycles. The third-order valence-electron chi connectivity index (χ3n) is 2.05. The zero-order valence-electron chi connectivity index (χ0n) is 12.4. The summed E-state index contributed by atoms with van der Waals surface area (Å²) in [5.41, 5.74) is -4.90. The number of rotatable bonds is 4. The molecule has 0 aliphatic rings. The first kappa shape index (κ1) is 16.5.